The molecule has 3 aromatic rings. The van der Waals surface area contributed by atoms with Gasteiger partial charge in [0.05, 0.1) is 16.5 Å². The molecule has 3 rings (SSSR count). The fraction of sp³-hybridized carbons (Fsp3) is 0.111. The SMILES string of the molecule is CN(Cc1ccc(F)cc1)C(=O)c1c(C=O)c(O)c2ncncc2c1O. The van der Waals surface area contributed by atoms with Crippen LogP contribution in [0.25, 0.3) is 10.9 Å². The van der Waals surface area contributed by atoms with Crippen LogP contribution < -0.4 is 0 Å². The number of nitrogens with zero attached hydrogens (tertiary/aromatic N) is 3. The van der Waals surface area contributed by atoms with Crippen molar-refractivity contribution in [3.05, 3.63) is 59.3 Å². The Hall–Kier alpha value is -3.55. The third-order valence-corrected chi connectivity index (χ3v) is 3.96. The molecule has 2 N–H and O–H groups in total. The molecule has 0 spiro atoms. The maximum Gasteiger partial charge on any atom is 0.258 e. The highest BCUT2D eigenvalue weighted by Crippen LogP contribution is 2.37. The molecule has 0 unspecified atom stereocenters. The number of aromatic nitrogens is 2. The minimum atomic E-state index is -0.685. The number of phenolic OH excluding ortho intramolecular Hbond substituents is 2. The van der Waals surface area contributed by atoms with Crippen LogP contribution in [0, 0.1) is 5.82 Å². The average Bonchev–Trinajstić information content (AvgIpc) is 2.65. The zero-order chi connectivity index (χ0) is 18.8. The molecule has 0 aliphatic carbocycles. The normalized spacial score (nSPS) is 10.7. The van der Waals surface area contributed by atoms with Crippen molar-refractivity contribution in [1.82, 2.24) is 14.9 Å². The first-order valence-electron chi connectivity index (χ1n) is 7.56. The Bertz CT molecular complexity index is 1010. The molecule has 26 heavy (non-hydrogen) atoms. The zero-order valence-electron chi connectivity index (χ0n) is 13.7. The first kappa shape index (κ1) is 17.3. The zero-order valence-corrected chi connectivity index (χ0v) is 13.7. The van der Waals surface area contributed by atoms with Crippen molar-refractivity contribution in [3.8, 4) is 11.5 Å². The molecular formula is C18H14FN3O4. The Morgan fingerprint density at radius 2 is 1.92 bits per heavy atom. The molecule has 7 nitrogen and oxygen atoms in total. The smallest absolute Gasteiger partial charge is 0.258 e. The fourth-order valence-corrected chi connectivity index (χ4v) is 2.66. The van der Waals surface area contributed by atoms with Crippen molar-refractivity contribution in [2.24, 2.45) is 0 Å². The molecule has 8 heteroatoms. The van der Waals surface area contributed by atoms with E-state index < -0.39 is 23.2 Å². The van der Waals surface area contributed by atoms with E-state index in [0.717, 1.165) is 6.33 Å². The number of benzene rings is 2. The lowest BCUT2D eigenvalue weighted by molar-refractivity contribution is 0.0778. The van der Waals surface area contributed by atoms with E-state index in [1.807, 2.05) is 0 Å². The molecule has 1 amide bonds. The van der Waals surface area contributed by atoms with E-state index in [1.165, 1.54) is 42.4 Å². The Kier molecular flexibility index (Phi) is 4.49. The first-order valence-corrected chi connectivity index (χ1v) is 7.56. The molecule has 0 aliphatic rings. The third-order valence-electron chi connectivity index (χ3n) is 3.96. The number of aldehydes is 1. The summed E-state index contributed by atoms with van der Waals surface area (Å²) in [5.74, 6) is -2.08. The van der Waals surface area contributed by atoms with Crippen molar-refractivity contribution < 1.29 is 24.2 Å². The van der Waals surface area contributed by atoms with Gasteiger partial charge in [-0.15, -0.1) is 0 Å². The van der Waals surface area contributed by atoms with Crippen molar-refractivity contribution in [2.75, 3.05) is 7.05 Å². The monoisotopic (exact) mass is 355 g/mol. The van der Waals surface area contributed by atoms with Gasteiger partial charge in [0.1, 0.15) is 23.4 Å². The van der Waals surface area contributed by atoms with Crippen molar-refractivity contribution in [1.29, 1.82) is 0 Å². The van der Waals surface area contributed by atoms with Crippen molar-refractivity contribution >= 4 is 23.1 Å². The van der Waals surface area contributed by atoms with Crippen LogP contribution in [0.15, 0.2) is 36.8 Å². The number of hydrogen-bond donors (Lipinski definition) is 2. The summed E-state index contributed by atoms with van der Waals surface area (Å²) in [7, 11) is 1.46. The molecule has 0 radical (unpaired) electrons. The van der Waals surface area contributed by atoms with Gasteiger partial charge in [-0.2, -0.15) is 0 Å². The first-order chi connectivity index (χ1) is 12.4. The Labute approximate surface area is 147 Å². The summed E-state index contributed by atoms with van der Waals surface area (Å²) in [4.78, 5) is 33.1. The van der Waals surface area contributed by atoms with Gasteiger partial charge in [0.15, 0.2) is 12.0 Å². The summed E-state index contributed by atoms with van der Waals surface area (Å²) in [6.07, 6.45) is 2.68. The predicted octanol–water partition coefficient (Wildman–Crippen LogP) is 2.26. The van der Waals surface area contributed by atoms with E-state index in [2.05, 4.69) is 9.97 Å². The van der Waals surface area contributed by atoms with E-state index >= 15 is 0 Å². The van der Waals surface area contributed by atoms with Crippen LogP contribution in [-0.4, -0.2) is 44.3 Å². The second kappa shape index (κ2) is 6.75. The Morgan fingerprint density at radius 3 is 2.58 bits per heavy atom. The number of aromatic hydroxyl groups is 2. The minimum absolute atomic E-state index is 0.0302. The number of amides is 1. The van der Waals surface area contributed by atoms with Crippen LogP contribution >= 0.6 is 0 Å². The summed E-state index contributed by atoms with van der Waals surface area (Å²) in [5.41, 5.74) is -0.0749. The van der Waals surface area contributed by atoms with E-state index in [-0.39, 0.29) is 34.9 Å². The second-order valence-corrected chi connectivity index (χ2v) is 5.68. The molecule has 2 aromatic carbocycles. The maximum atomic E-state index is 13.0. The van der Waals surface area contributed by atoms with E-state index in [9.17, 15) is 24.2 Å². The van der Waals surface area contributed by atoms with E-state index in [0.29, 0.717) is 5.56 Å². The van der Waals surface area contributed by atoms with Gasteiger partial charge < -0.3 is 15.1 Å². The van der Waals surface area contributed by atoms with Crippen molar-refractivity contribution in [2.45, 2.75) is 6.54 Å². The number of carbonyl (C=O) groups excluding carboxylic acids is 2. The lowest BCUT2D eigenvalue weighted by Gasteiger charge is -2.20. The van der Waals surface area contributed by atoms with Gasteiger partial charge in [-0.25, -0.2) is 14.4 Å². The maximum absolute atomic E-state index is 13.0. The summed E-state index contributed by atoms with van der Waals surface area (Å²) >= 11 is 0. The molecule has 0 aliphatic heterocycles. The predicted molar refractivity (Wildman–Crippen MR) is 90.5 cm³/mol. The van der Waals surface area contributed by atoms with E-state index in [4.69, 9.17) is 0 Å². The van der Waals surface area contributed by atoms with Gasteiger partial charge in [-0.05, 0) is 17.7 Å². The number of carbonyl (C=O) groups is 2. The summed E-state index contributed by atoms with van der Waals surface area (Å²) < 4.78 is 13.0. The topological polar surface area (TPSA) is 104 Å². The van der Waals surface area contributed by atoms with Gasteiger partial charge in [-0.1, -0.05) is 12.1 Å². The Morgan fingerprint density at radius 1 is 1.23 bits per heavy atom. The quantitative estimate of drug-likeness (QED) is 0.550. The number of rotatable bonds is 4. The van der Waals surface area contributed by atoms with Crippen LogP contribution in [-0.2, 0) is 6.54 Å². The highest BCUT2D eigenvalue weighted by Gasteiger charge is 2.26. The lowest BCUT2D eigenvalue weighted by Crippen LogP contribution is -2.27. The standard InChI is InChI=1S/C18H14FN3O4/c1-22(7-10-2-4-11(19)5-3-10)18(26)14-13(8-23)17(25)15-12(16(14)24)6-20-9-21-15/h2-6,8-9,24-25H,7H2,1H3. The van der Waals surface area contributed by atoms with Crippen LogP contribution in [0.1, 0.15) is 26.3 Å². The third kappa shape index (κ3) is 2.92. The largest absolute Gasteiger partial charge is 0.506 e. The molecule has 0 fully saturated rings. The summed E-state index contributed by atoms with van der Waals surface area (Å²) in [5, 5.41) is 20.8. The van der Waals surface area contributed by atoms with Gasteiger partial charge >= 0.3 is 0 Å². The molecule has 0 bridgehead atoms. The number of phenols is 2. The molecular weight excluding hydrogens is 341 g/mol. The number of halogens is 1. The molecule has 132 valence electrons. The van der Waals surface area contributed by atoms with Crippen LogP contribution in [0.2, 0.25) is 0 Å². The van der Waals surface area contributed by atoms with Gasteiger partial charge in [0, 0.05) is 19.8 Å². The highest BCUT2D eigenvalue weighted by molar-refractivity contribution is 6.11. The van der Waals surface area contributed by atoms with Crippen LogP contribution in [0.3, 0.4) is 0 Å². The number of fused-ring (bicyclic) bond motifs is 1. The molecule has 0 atom stereocenters. The van der Waals surface area contributed by atoms with Gasteiger partial charge in [-0.3, -0.25) is 9.59 Å². The van der Waals surface area contributed by atoms with Crippen LogP contribution in [0.5, 0.6) is 11.5 Å². The Balaban J connectivity index is 2.05. The number of hydrogen-bond acceptors (Lipinski definition) is 6. The molecule has 1 aromatic heterocycles. The van der Waals surface area contributed by atoms with Crippen LogP contribution in [0.4, 0.5) is 4.39 Å². The summed E-state index contributed by atoms with van der Waals surface area (Å²) in [6, 6.07) is 5.57. The molecule has 0 saturated carbocycles. The van der Waals surface area contributed by atoms with E-state index in [1.54, 1.807) is 0 Å². The average molecular weight is 355 g/mol. The summed E-state index contributed by atoms with van der Waals surface area (Å²) in [6.45, 7) is 0.112. The molecule has 1 heterocycles. The minimum Gasteiger partial charge on any atom is -0.506 e. The van der Waals surface area contributed by atoms with Crippen molar-refractivity contribution in [3.63, 3.8) is 0 Å². The lowest BCUT2D eigenvalue weighted by atomic mass is 10.0. The second-order valence-electron chi connectivity index (χ2n) is 5.68. The molecule has 0 saturated heterocycles. The van der Waals surface area contributed by atoms with Gasteiger partial charge in [0.2, 0.25) is 0 Å². The highest BCUT2D eigenvalue weighted by atomic mass is 19.1. The van der Waals surface area contributed by atoms with Gasteiger partial charge in [0.25, 0.3) is 5.91 Å². The fourth-order valence-electron chi connectivity index (χ4n) is 2.66.